The molecule has 4 rings (SSSR count). The standard InChI is InChI=1S/C40H55BrFN5O6S/c1-40(2,3)25-15-13-11-9-8-10-12-14-16-26-46(54(48,49)28-35(52-6)30-24-23-29(42)27-31(30)41)39-45-44-38(32-19-17-22-36(43-32)53-7)47(39)37-33(50-4)20-18-21-34(37)51-5/h17-24,27,35H,8-16,25-26,28H2,1-7H3/t35-/m1/s1. The predicted octanol–water partition coefficient (Wildman–Crippen LogP) is 9.73. The van der Waals surface area contributed by atoms with E-state index in [9.17, 15) is 12.8 Å². The molecular formula is C40H55BrFN5O6S. The number of hydrogen-bond acceptors (Lipinski definition) is 9. The van der Waals surface area contributed by atoms with E-state index in [4.69, 9.17) is 18.9 Å². The molecule has 14 heteroatoms. The number of halogens is 2. The maximum absolute atomic E-state index is 14.7. The van der Waals surface area contributed by atoms with Gasteiger partial charge in [0.15, 0.2) is 5.82 Å². The molecule has 296 valence electrons. The summed E-state index contributed by atoms with van der Waals surface area (Å²) < 4.78 is 69.5. The molecule has 2 aromatic heterocycles. The highest BCUT2D eigenvalue weighted by atomic mass is 79.9. The summed E-state index contributed by atoms with van der Waals surface area (Å²) in [5.74, 6) is 0.520. The van der Waals surface area contributed by atoms with Gasteiger partial charge in [-0.3, -0.25) is 4.57 Å². The van der Waals surface area contributed by atoms with Crippen molar-refractivity contribution in [3.05, 3.63) is 70.5 Å². The van der Waals surface area contributed by atoms with E-state index in [1.165, 1.54) is 83.0 Å². The number of aromatic nitrogens is 4. The van der Waals surface area contributed by atoms with E-state index in [0.29, 0.717) is 50.6 Å². The Kier molecular flexibility index (Phi) is 16.1. The summed E-state index contributed by atoms with van der Waals surface area (Å²) in [6, 6.07) is 14.6. The molecule has 11 nitrogen and oxygen atoms in total. The predicted molar refractivity (Wildman–Crippen MR) is 215 cm³/mol. The lowest BCUT2D eigenvalue weighted by Gasteiger charge is -2.27. The highest BCUT2D eigenvalue weighted by molar-refractivity contribution is 9.10. The van der Waals surface area contributed by atoms with Crippen molar-refractivity contribution in [1.82, 2.24) is 19.7 Å². The zero-order chi connectivity index (χ0) is 39.3. The van der Waals surface area contributed by atoms with E-state index in [1.807, 2.05) is 0 Å². The minimum atomic E-state index is -4.19. The molecule has 0 radical (unpaired) electrons. The highest BCUT2D eigenvalue weighted by Gasteiger charge is 2.34. The molecule has 0 fully saturated rings. The molecule has 0 saturated heterocycles. The van der Waals surface area contributed by atoms with Crippen molar-refractivity contribution in [3.63, 3.8) is 0 Å². The van der Waals surface area contributed by atoms with Gasteiger partial charge in [0, 0.05) is 24.2 Å². The van der Waals surface area contributed by atoms with Crippen LogP contribution in [-0.4, -0.2) is 68.9 Å². The maximum atomic E-state index is 14.7. The largest absolute Gasteiger partial charge is 0.494 e. The van der Waals surface area contributed by atoms with E-state index in [-0.39, 0.29) is 18.3 Å². The summed E-state index contributed by atoms with van der Waals surface area (Å²) in [7, 11) is 1.80. The number of benzene rings is 2. The van der Waals surface area contributed by atoms with E-state index in [2.05, 4.69) is 51.9 Å². The highest BCUT2D eigenvalue weighted by Crippen LogP contribution is 2.39. The number of hydrogen-bond donors (Lipinski definition) is 0. The Morgan fingerprint density at radius 1 is 0.815 bits per heavy atom. The van der Waals surface area contributed by atoms with Crippen LogP contribution >= 0.6 is 15.9 Å². The molecule has 0 spiro atoms. The second-order valence-electron chi connectivity index (χ2n) is 14.5. The summed E-state index contributed by atoms with van der Waals surface area (Å²) in [4.78, 5) is 4.60. The van der Waals surface area contributed by atoms with Crippen LogP contribution in [0.2, 0.25) is 0 Å². The number of anilines is 1. The Bertz CT molecular complexity index is 1880. The van der Waals surface area contributed by atoms with Gasteiger partial charge in [-0.2, -0.15) is 0 Å². The molecular weight excluding hydrogens is 777 g/mol. The van der Waals surface area contributed by atoms with Crippen LogP contribution < -0.4 is 18.5 Å². The number of methoxy groups -OCH3 is 4. The van der Waals surface area contributed by atoms with Gasteiger partial charge < -0.3 is 18.9 Å². The number of pyridine rings is 1. The molecule has 0 saturated carbocycles. The van der Waals surface area contributed by atoms with Crippen molar-refractivity contribution >= 4 is 31.9 Å². The summed E-state index contributed by atoms with van der Waals surface area (Å²) >= 11 is 3.39. The molecule has 0 aliphatic carbocycles. The van der Waals surface area contributed by atoms with Crippen LogP contribution in [0.15, 0.2) is 59.1 Å². The van der Waals surface area contributed by atoms with Crippen molar-refractivity contribution in [1.29, 1.82) is 0 Å². The third-order valence-electron chi connectivity index (χ3n) is 9.24. The number of unbranched alkanes of at least 4 members (excludes halogenated alkanes) is 8. The van der Waals surface area contributed by atoms with Crippen molar-refractivity contribution in [3.8, 4) is 34.6 Å². The van der Waals surface area contributed by atoms with Gasteiger partial charge in [-0.25, -0.2) is 22.1 Å². The fraction of sp³-hybridized carbons (Fsp3) is 0.525. The third kappa shape index (κ3) is 11.6. The maximum Gasteiger partial charge on any atom is 0.246 e. The van der Waals surface area contributed by atoms with Gasteiger partial charge >= 0.3 is 0 Å². The smallest absolute Gasteiger partial charge is 0.246 e. The minimum absolute atomic E-state index is 0.0284. The summed E-state index contributed by atoms with van der Waals surface area (Å²) in [6.07, 6.45) is 9.88. The van der Waals surface area contributed by atoms with Crippen LogP contribution in [0.3, 0.4) is 0 Å². The van der Waals surface area contributed by atoms with Gasteiger partial charge in [-0.15, -0.1) is 10.2 Å². The first-order valence-corrected chi connectivity index (χ1v) is 20.9. The SMILES string of the molecule is COc1cccc(-c2nnc(N(CCCCCCCCCCCC(C)(C)C)S(=O)(=O)C[C@@H](OC)c3ccc(F)cc3Br)n2-c2c(OC)cccc2OC)n1. The number of sulfonamides is 1. The lowest BCUT2D eigenvalue weighted by Crippen LogP contribution is -2.38. The number of para-hydroxylation sites is 1. The first-order chi connectivity index (χ1) is 25.8. The van der Waals surface area contributed by atoms with Gasteiger partial charge in [0.25, 0.3) is 0 Å². The van der Waals surface area contributed by atoms with E-state index >= 15 is 0 Å². The molecule has 54 heavy (non-hydrogen) atoms. The Morgan fingerprint density at radius 2 is 1.43 bits per heavy atom. The Labute approximate surface area is 328 Å². The second kappa shape index (κ2) is 20.2. The minimum Gasteiger partial charge on any atom is -0.494 e. The average Bonchev–Trinajstić information content (AvgIpc) is 3.57. The summed E-state index contributed by atoms with van der Waals surface area (Å²) in [6.45, 7) is 6.99. The van der Waals surface area contributed by atoms with Crippen molar-refractivity contribution < 1.29 is 31.8 Å². The zero-order valence-corrected chi connectivity index (χ0v) is 35.0. The summed E-state index contributed by atoms with van der Waals surface area (Å²) in [5.41, 5.74) is 1.66. The molecule has 0 N–H and O–H groups in total. The number of rotatable bonds is 22. The van der Waals surface area contributed by atoms with Crippen molar-refractivity contribution in [2.75, 3.05) is 45.0 Å². The van der Waals surface area contributed by atoms with Crippen LogP contribution in [0.25, 0.3) is 17.2 Å². The van der Waals surface area contributed by atoms with Crippen LogP contribution in [0, 0.1) is 11.2 Å². The molecule has 0 unspecified atom stereocenters. The first-order valence-electron chi connectivity index (χ1n) is 18.5. The van der Waals surface area contributed by atoms with Gasteiger partial charge in [0.05, 0.1) is 33.2 Å². The molecule has 1 atom stereocenters. The second-order valence-corrected chi connectivity index (χ2v) is 17.3. The number of nitrogens with zero attached hydrogens (tertiary/aromatic N) is 5. The Morgan fingerprint density at radius 3 is 2.00 bits per heavy atom. The molecule has 2 heterocycles. The van der Waals surface area contributed by atoms with Gasteiger partial charge in [-0.05, 0) is 54.2 Å². The van der Waals surface area contributed by atoms with Crippen LogP contribution in [0.1, 0.15) is 96.6 Å². The third-order valence-corrected chi connectivity index (χ3v) is 11.7. The summed E-state index contributed by atoms with van der Waals surface area (Å²) in [5, 5.41) is 9.04. The zero-order valence-electron chi connectivity index (χ0n) is 32.6. The van der Waals surface area contributed by atoms with Gasteiger partial charge in [-0.1, -0.05) is 106 Å². The van der Waals surface area contributed by atoms with E-state index in [1.54, 1.807) is 41.0 Å². The Hall–Kier alpha value is -3.75. The molecule has 0 aliphatic heterocycles. The number of ether oxygens (including phenoxy) is 4. The lowest BCUT2D eigenvalue weighted by atomic mass is 9.89. The molecule has 0 amide bonds. The monoisotopic (exact) mass is 831 g/mol. The average molecular weight is 833 g/mol. The molecule has 0 aliphatic rings. The fourth-order valence-corrected chi connectivity index (χ4v) is 8.61. The lowest BCUT2D eigenvalue weighted by molar-refractivity contribution is 0.121. The van der Waals surface area contributed by atoms with Crippen LogP contribution in [-0.2, 0) is 14.8 Å². The first kappa shape index (κ1) is 43.0. The normalized spacial score (nSPS) is 12.5. The fourth-order valence-electron chi connectivity index (χ4n) is 6.35. The van der Waals surface area contributed by atoms with Gasteiger partial charge in [0.2, 0.25) is 21.9 Å². The molecule has 2 aromatic carbocycles. The van der Waals surface area contributed by atoms with E-state index in [0.717, 1.165) is 25.7 Å². The van der Waals surface area contributed by atoms with E-state index < -0.39 is 27.7 Å². The van der Waals surface area contributed by atoms with Crippen LogP contribution in [0.4, 0.5) is 10.3 Å². The Balaban J connectivity index is 1.70. The van der Waals surface area contributed by atoms with Gasteiger partial charge in [0.1, 0.15) is 28.7 Å². The topological polar surface area (TPSA) is 118 Å². The molecule has 0 bridgehead atoms. The molecule has 4 aromatic rings. The van der Waals surface area contributed by atoms with Crippen molar-refractivity contribution in [2.45, 2.75) is 91.1 Å². The van der Waals surface area contributed by atoms with Crippen molar-refractivity contribution in [2.24, 2.45) is 5.41 Å². The van der Waals surface area contributed by atoms with Crippen LogP contribution in [0.5, 0.6) is 17.4 Å². The quantitative estimate of drug-likeness (QED) is 0.0714.